The second kappa shape index (κ2) is 8.56. The number of nitrogens with zero attached hydrogens (tertiary/aromatic N) is 2. The summed E-state index contributed by atoms with van der Waals surface area (Å²) in [5, 5.41) is 0. The zero-order valence-electron chi connectivity index (χ0n) is 17.1. The quantitative estimate of drug-likeness (QED) is 0.389. The Hall–Kier alpha value is -3.36. The predicted molar refractivity (Wildman–Crippen MR) is 124 cm³/mol. The normalized spacial score (nSPS) is 16.3. The highest BCUT2D eigenvalue weighted by Gasteiger charge is 2.33. The van der Waals surface area contributed by atoms with Gasteiger partial charge < -0.3 is 4.90 Å². The molecule has 0 N–H and O–H groups in total. The Kier molecular flexibility index (Phi) is 5.32. The highest BCUT2D eigenvalue weighted by molar-refractivity contribution is 5.57. The van der Waals surface area contributed by atoms with Crippen LogP contribution < -0.4 is 4.90 Å². The maximum Gasteiger partial charge on any atom is 0.109 e. The monoisotopic (exact) mass is 390 g/mol. The summed E-state index contributed by atoms with van der Waals surface area (Å²) >= 11 is 0. The first kappa shape index (κ1) is 18.7. The number of para-hydroxylation sites is 1. The Bertz CT molecular complexity index is 1080. The van der Waals surface area contributed by atoms with Crippen LogP contribution in [0.3, 0.4) is 0 Å². The molecule has 5 rings (SSSR count). The van der Waals surface area contributed by atoms with Gasteiger partial charge in [0.25, 0.3) is 0 Å². The average molecular weight is 391 g/mol. The van der Waals surface area contributed by atoms with Gasteiger partial charge in [-0.25, -0.2) is 0 Å². The van der Waals surface area contributed by atoms with Gasteiger partial charge >= 0.3 is 0 Å². The third-order valence-corrected chi connectivity index (χ3v) is 5.84. The van der Waals surface area contributed by atoms with Crippen molar-refractivity contribution in [3.05, 3.63) is 138 Å². The van der Waals surface area contributed by atoms with E-state index in [2.05, 4.69) is 125 Å². The van der Waals surface area contributed by atoms with E-state index < -0.39 is 0 Å². The van der Waals surface area contributed by atoms with Gasteiger partial charge in [-0.2, -0.15) is 0 Å². The number of hydrogen-bond donors (Lipinski definition) is 0. The molecule has 0 aromatic heterocycles. The van der Waals surface area contributed by atoms with Crippen LogP contribution in [-0.2, 0) is 19.6 Å². The summed E-state index contributed by atoms with van der Waals surface area (Å²) in [6.07, 6.45) is 0.182. The third-order valence-electron chi connectivity index (χ3n) is 5.84. The fourth-order valence-corrected chi connectivity index (χ4v) is 4.49. The average Bonchev–Trinajstić information content (AvgIpc) is 2.81. The van der Waals surface area contributed by atoms with Crippen LogP contribution in [0.4, 0.5) is 5.69 Å². The Labute approximate surface area is 179 Å². The Morgan fingerprint density at radius 1 is 0.567 bits per heavy atom. The van der Waals surface area contributed by atoms with Gasteiger partial charge in [-0.15, -0.1) is 0 Å². The Morgan fingerprint density at radius 3 is 1.77 bits per heavy atom. The molecule has 1 aliphatic rings. The molecule has 148 valence electrons. The zero-order chi connectivity index (χ0) is 20.2. The predicted octanol–water partition coefficient (Wildman–Crippen LogP) is 6.41. The van der Waals surface area contributed by atoms with Crippen LogP contribution in [0.15, 0.2) is 115 Å². The summed E-state index contributed by atoms with van der Waals surface area (Å²) < 4.78 is 0. The molecule has 4 aromatic rings. The van der Waals surface area contributed by atoms with Crippen molar-refractivity contribution in [1.29, 1.82) is 0 Å². The van der Waals surface area contributed by atoms with E-state index in [1.807, 2.05) is 0 Å². The van der Waals surface area contributed by atoms with Gasteiger partial charge in [0.1, 0.15) is 6.17 Å². The number of hydrogen-bond acceptors (Lipinski definition) is 2. The summed E-state index contributed by atoms with van der Waals surface area (Å²) in [5.41, 5.74) is 6.72. The third kappa shape index (κ3) is 3.87. The first-order chi connectivity index (χ1) is 14.9. The molecule has 1 heterocycles. The second-order valence-corrected chi connectivity index (χ2v) is 7.92. The van der Waals surface area contributed by atoms with E-state index in [4.69, 9.17) is 0 Å². The van der Waals surface area contributed by atoms with E-state index in [0.717, 1.165) is 19.6 Å². The number of benzene rings is 4. The summed E-state index contributed by atoms with van der Waals surface area (Å²) in [6, 6.07) is 41.4. The largest absolute Gasteiger partial charge is 0.347 e. The van der Waals surface area contributed by atoms with Gasteiger partial charge in [-0.3, -0.25) is 4.90 Å². The van der Waals surface area contributed by atoms with E-state index in [0.29, 0.717) is 0 Å². The molecule has 1 atom stereocenters. The minimum atomic E-state index is 0.182. The second-order valence-electron chi connectivity index (χ2n) is 7.92. The smallest absolute Gasteiger partial charge is 0.109 e. The van der Waals surface area contributed by atoms with Crippen LogP contribution in [-0.4, -0.2) is 4.90 Å². The lowest BCUT2D eigenvalue weighted by atomic mass is 10.00. The lowest BCUT2D eigenvalue weighted by Crippen LogP contribution is -2.44. The van der Waals surface area contributed by atoms with Crippen LogP contribution in [0, 0.1) is 0 Å². The molecule has 30 heavy (non-hydrogen) atoms. The molecule has 0 saturated heterocycles. The van der Waals surface area contributed by atoms with Gasteiger partial charge in [-0.05, 0) is 28.3 Å². The van der Waals surface area contributed by atoms with Crippen LogP contribution in [0.25, 0.3) is 0 Å². The van der Waals surface area contributed by atoms with Gasteiger partial charge in [0.2, 0.25) is 0 Å². The van der Waals surface area contributed by atoms with Crippen molar-refractivity contribution in [2.75, 3.05) is 4.90 Å². The molecular weight excluding hydrogens is 364 g/mol. The molecule has 0 aliphatic carbocycles. The van der Waals surface area contributed by atoms with Crippen LogP contribution in [0.2, 0.25) is 0 Å². The highest BCUT2D eigenvalue weighted by atomic mass is 15.4. The van der Waals surface area contributed by atoms with E-state index >= 15 is 0 Å². The minimum Gasteiger partial charge on any atom is -0.347 e. The molecule has 0 bridgehead atoms. The van der Waals surface area contributed by atoms with Crippen LogP contribution in [0.1, 0.15) is 28.4 Å². The maximum absolute atomic E-state index is 2.59. The van der Waals surface area contributed by atoms with Gasteiger partial charge in [-0.1, -0.05) is 109 Å². The molecule has 0 radical (unpaired) electrons. The molecule has 0 saturated carbocycles. The lowest BCUT2D eigenvalue weighted by molar-refractivity contribution is 0.159. The summed E-state index contributed by atoms with van der Waals surface area (Å²) in [5.74, 6) is 0. The Morgan fingerprint density at radius 2 is 1.10 bits per heavy atom. The van der Waals surface area contributed by atoms with Crippen molar-refractivity contribution in [2.45, 2.75) is 25.8 Å². The lowest BCUT2D eigenvalue weighted by Gasteiger charge is -2.46. The highest BCUT2D eigenvalue weighted by Crippen LogP contribution is 2.40. The Balaban J connectivity index is 1.60. The van der Waals surface area contributed by atoms with Crippen molar-refractivity contribution >= 4 is 5.69 Å². The molecule has 4 aromatic carbocycles. The van der Waals surface area contributed by atoms with E-state index in [-0.39, 0.29) is 6.17 Å². The number of rotatable bonds is 5. The topological polar surface area (TPSA) is 6.48 Å². The van der Waals surface area contributed by atoms with Crippen molar-refractivity contribution < 1.29 is 0 Å². The van der Waals surface area contributed by atoms with E-state index in [1.165, 1.54) is 27.9 Å². The van der Waals surface area contributed by atoms with Gasteiger partial charge in [0.05, 0.1) is 0 Å². The SMILES string of the molecule is c1ccc(CN2Cc3ccccc3N(Cc3ccccc3)C2c2ccccc2)cc1. The molecule has 1 unspecified atom stereocenters. The molecule has 0 fully saturated rings. The van der Waals surface area contributed by atoms with Gasteiger partial charge in [0.15, 0.2) is 0 Å². The van der Waals surface area contributed by atoms with Crippen LogP contribution >= 0.6 is 0 Å². The fraction of sp³-hybridized carbons (Fsp3) is 0.143. The minimum absolute atomic E-state index is 0.182. The molecule has 0 spiro atoms. The van der Waals surface area contributed by atoms with Crippen molar-refractivity contribution in [2.24, 2.45) is 0 Å². The first-order valence-corrected chi connectivity index (χ1v) is 10.6. The van der Waals surface area contributed by atoms with Crippen LogP contribution in [0.5, 0.6) is 0 Å². The van der Waals surface area contributed by atoms with E-state index in [9.17, 15) is 0 Å². The summed E-state index contributed by atoms with van der Waals surface area (Å²) in [4.78, 5) is 5.16. The standard InChI is InChI=1S/C28H26N2/c1-4-12-23(13-5-1)20-29-22-26-18-10-11-19-27(26)30(21-24-14-6-2-7-15-24)28(29)25-16-8-3-9-17-25/h1-19,28H,20-22H2. The molecule has 2 nitrogen and oxygen atoms in total. The van der Waals surface area contributed by atoms with E-state index in [1.54, 1.807) is 0 Å². The first-order valence-electron chi connectivity index (χ1n) is 10.6. The zero-order valence-corrected chi connectivity index (χ0v) is 17.1. The van der Waals surface area contributed by atoms with Crippen molar-refractivity contribution in [3.8, 4) is 0 Å². The summed E-state index contributed by atoms with van der Waals surface area (Å²) in [7, 11) is 0. The van der Waals surface area contributed by atoms with Crippen molar-refractivity contribution in [1.82, 2.24) is 4.90 Å². The maximum atomic E-state index is 2.59. The van der Waals surface area contributed by atoms with Crippen molar-refractivity contribution in [3.63, 3.8) is 0 Å². The summed E-state index contributed by atoms with van der Waals surface area (Å²) in [6.45, 7) is 2.73. The molecule has 2 heteroatoms. The fourth-order valence-electron chi connectivity index (χ4n) is 4.49. The number of anilines is 1. The molecule has 1 aliphatic heterocycles. The molecule has 0 amide bonds. The number of fused-ring (bicyclic) bond motifs is 1. The molecular formula is C28H26N2. The van der Waals surface area contributed by atoms with Gasteiger partial charge in [0, 0.05) is 25.3 Å².